The van der Waals surface area contributed by atoms with Gasteiger partial charge < -0.3 is 9.84 Å². The van der Waals surface area contributed by atoms with Gasteiger partial charge in [0.25, 0.3) is 0 Å². The summed E-state index contributed by atoms with van der Waals surface area (Å²) in [5, 5.41) is 27.6. The lowest BCUT2D eigenvalue weighted by Crippen LogP contribution is -2.16. The van der Waals surface area contributed by atoms with E-state index in [0.717, 1.165) is 37.0 Å². The van der Waals surface area contributed by atoms with Crippen molar-refractivity contribution < 1.29 is 14.6 Å². The van der Waals surface area contributed by atoms with Gasteiger partial charge in [0.05, 0.1) is 25.3 Å². The zero-order valence-electron chi connectivity index (χ0n) is 17.8. The van der Waals surface area contributed by atoms with Gasteiger partial charge in [-0.15, -0.1) is 16.9 Å². The van der Waals surface area contributed by atoms with Crippen molar-refractivity contribution in [3.63, 3.8) is 0 Å². The van der Waals surface area contributed by atoms with Crippen LogP contribution >= 0.6 is 11.8 Å². The first-order valence-corrected chi connectivity index (χ1v) is 11.4. The van der Waals surface area contributed by atoms with Gasteiger partial charge in [0.1, 0.15) is 10.8 Å². The lowest BCUT2D eigenvalue weighted by Gasteiger charge is -2.28. The number of nitrogens with zero attached hydrogens (tertiary/aromatic N) is 4. The molecule has 3 aromatic rings. The van der Waals surface area contributed by atoms with Crippen molar-refractivity contribution in [3.8, 4) is 11.8 Å². The molecule has 0 amide bonds. The third kappa shape index (κ3) is 4.94. The van der Waals surface area contributed by atoms with Crippen LogP contribution < -0.4 is 4.74 Å². The molecule has 0 saturated heterocycles. The van der Waals surface area contributed by atoms with Gasteiger partial charge in [-0.1, -0.05) is 29.5 Å². The number of benzene rings is 2. The molecule has 1 saturated carbocycles. The fraction of sp³-hybridized carbons (Fsp3) is 0.333. The number of rotatable bonds is 7. The van der Waals surface area contributed by atoms with Crippen LogP contribution in [-0.2, 0) is 6.54 Å². The number of aromatic nitrogens is 3. The Bertz CT molecular complexity index is 1110. The van der Waals surface area contributed by atoms with Gasteiger partial charge in [0.15, 0.2) is 0 Å². The van der Waals surface area contributed by atoms with E-state index in [0.29, 0.717) is 28.3 Å². The fourth-order valence-corrected chi connectivity index (χ4v) is 5.35. The second kappa shape index (κ2) is 9.88. The molecule has 1 aliphatic carbocycles. The SMILES string of the molecule is COc1ccc(Cn2nnc(C(=O)O)c2S[C@H]2CC[C@@H](c3ccc(C#N)cc3)CC2)cc1. The van der Waals surface area contributed by atoms with Gasteiger partial charge in [-0.25, -0.2) is 9.48 Å². The number of carbonyl (C=O) groups is 1. The highest BCUT2D eigenvalue weighted by Gasteiger charge is 2.27. The Kier molecular flexibility index (Phi) is 6.76. The first kappa shape index (κ1) is 21.9. The van der Waals surface area contributed by atoms with Crippen molar-refractivity contribution in [1.29, 1.82) is 5.26 Å². The third-order valence-electron chi connectivity index (χ3n) is 5.85. The predicted molar refractivity (Wildman–Crippen MR) is 121 cm³/mol. The van der Waals surface area contributed by atoms with Crippen molar-refractivity contribution in [1.82, 2.24) is 15.0 Å². The Balaban J connectivity index is 1.44. The molecule has 0 spiro atoms. The third-order valence-corrected chi connectivity index (χ3v) is 7.28. The maximum Gasteiger partial charge on any atom is 0.359 e. The molecular formula is C24H24N4O3S. The number of hydrogen-bond acceptors (Lipinski definition) is 6. The molecule has 1 aromatic heterocycles. The highest BCUT2D eigenvalue weighted by molar-refractivity contribution is 7.99. The summed E-state index contributed by atoms with van der Waals surface area (Å²) in [6, 6.07) is 17.6. The van der Waals surface area contributed by atoms with Crippen LogP contribution in [0.3, 0.4) is 0 Å². The molecule has 0 radical (unpaired) electrons. The second-order valence-electron chi connectivity index (χ2n) is 7.88. The summed E-state index contributed by atoms with van der Waals surface area (Å²) in [7, 11) is 1.62. The molecule has 0 atom stereocenters. The highest BCUT2D eigenvalue weighted by Crippen LogP contribution is 2.40. The average molecular weight is 449 g/mol. The van der Waals surface area contributed by atoms with Crippen LogP contribution in [0.4, 0.5) is 0 Å². The molecule has 1 N–H and O–H groups in total. The van der Waals surface area contributed by atoms with Gasteiger partial charge in [0.2, 0.25) is 5.69 Å². The number of nitriles is 1. The quantitative estimate of drug-likeness (QED) is 0.558. The summed E-state index contributed by atoms with van der Waals surface area (Å²) < 4.78 is 6.88. The molecule has 1 heterocycles. The van der Waals surface area contributed by atoms with Crippen LogP contribution in [0.1, 0.15) is 58.8 Å². The van der Waals surface area contributed by atoms with Crippen molar-refractivity contribution in [2.75, 3.05) is 7.11 Å². The van der Waals surface area contributed by atoms with E-state index in [1.165, 1.54) is 5.56 Å². The molecule has 2 aromatic carbocycles. The van der Waals surface area contributed by atoms with E-state index in [4.69, 9.17) is 10.00 Å². The molecule has 0 bridgehead atoms. The maximum absolute atomic E-state index is 11.7. The van der Waals surface area contributed by atoms with Crippen LogP contribution in [0, 0.1) is 11.3 Å². The monoisotopic (exact) mass is 448 g/mol. The van der Waals surface area contributed by atoms with Crippen molar-refractivity contribution in [2.45, 2.75) is 48.4 Å². The minimum atomic E-state index is -1.06. The van der Waals surface area contributed by atoms with Crippen molar-refractivity contribution in [3.05, 3.63) is 70.9 Å². The number of hydrogen-bond donors (Lipinski definition) is 1. The van der Waals surface area contributed by atoms with E-state index in [-0.39, 0.29) is 5.69 Å². The number of ether oxygens (including phenoxy) is 1. The Morgan fingerprint density at radius 2 is 1.84 bits per heavy atom. The largest absolute Gasteiger partial charge is 0.497 e. The minimum Gasteiger partial charge on any atom is -0.497 e. The topological polar surface area (TPSA) is 101 Å². The van der Waals surface area contributed by atoms with Gasteiger partial charge >= 0.3 is 5.97 Å². The predicted octanol–water partition coefficient (Wildman–Crippen LogP) is 4.72. The molecule has 0 aliphatic heterocycles. The first-order chi connectivity index (χ1) is 15.6. The summed E-state index contributed by atoms with van der Waals surface area (Å²) in [5.74, 6) is 0.188. The first-order valence-electron chi connectivity index (χ1n) is 10.5. The standard InChI is InChI=1S/C24H24N4O3S/c1-31-20-10-4-17(5-11-20)15-28-23(22(24(29)30)26-27-28)32-21-12-8-19(9-13-21)18-6-2-16(14-25)3-7-18/h2-7,10-11,19,21H,8-9,12-13,15H2,1H3,(H,29,30)/t19-,21+. The van der Waals surface area contributed by atoms with Gasteiger partial charge in [-0.2, -0.15) is 5.26 Å². The lowest BCUT2D eigenvalue weighted by atomic mass is 9.83. The minimum absolute atomic E-state index is 0.0118. The Labute approximate surface area is 191 Å². The zero-order chi connectivity index (χ0) is 22.5. The van der Waals surface area contributed by atoms with Crippen LogP contribution in [0.15, 0.2) is 53.6 Å². The summed E-state index contributed by atoms with van der Waals surface area (Å²) in [4.78, 5) is 11.7. The molecule has 1 fully saturated rings. The van der Waals surface area contributed by atoms with Gasteiger partial charge in [-0.3, -0.25) is 0 Å². The average Bonchev–Trinajstić information content (AvgIpc) is 3.22. The van der Waals surface area contributed by atoms with Crippen LogP contribution in [-0.4, -0.2) is 38.4 Å². The Morgan fingerprint density at radius 3 is 2.44 bits per heavy atom. The maximum atomic E-state index is 11.7. The van der Waals surface area contributed by atoms with E-state index < -0.39 is 5.97 Å². The zero-order valence-corrected chi connectivity index (χ0v) is 18.6. The smallest absolute Gasteiger partial charge is 0.359 e. The van der Waals surface area contributed by atoms with Crippen LogP contribution in [0.25, 0.3) is 0 Å². The molecule has 4 rings (SSSR count). The normalized spacial score (nSPS) is 18.1. The van der Waals surface area contributed by atoms with Crippen molar-refractivity contribution >= 4 is 17.7 Å². The summed E-state index contributed by atoms with van der Waals surface area (Å²) in [6.07, 6.45) is 4.04. The summed E-state index contributed by atoms with van der Waals surface area (Å²) >= 11 is 1.57. The van der Waals surface area contributed by atoms with E-state index in [1.807, 2.05) is 48.5 Å². The molecular weight excluding hydrogens is 424 g/mol. The fourth-order valence-electron chi connectivity index (χ4n) is 4.06. The van der Waals surface area contributed by atoms with E-state index in [2.05, 4.69) is 16.4 Å². The number of aromatic carboxylic acids is 1. The highest BCUT2D eigenvalue weighted by atomic mass is 32.2. The summed E-state index contributed by atoms with van der Waals surface area (Å²) in [5.41, 5.74) is 2.96. The molecule has 1 aliphatic rings. The van der Waals surface area contributed by atoms with Crippen LogP contribution in [0.2, 0.25) is 0 Å². The van der Waals surface area contributed by atoms with E-state index >= 15 is 0 Å². The second-order valence-corrected chi connectivity index (χ2v) is 9.17. The molecule has 32 heavy (non-hydrogen) atoms. The molecule has 164 valence electrons. The van der Waals surface area contributed by atoms with Gasteiger partial charge in [-0.05, 0) is 67.0 Å². The molecule has 8 heteroatoms. The van der Waals surface area contributed by atoms with E-state index in [9.17, 15) is 9.90 Å². The van der Waals surface area contributed by atoms with Crippen molar-refractivity contribution in [2.24, 2.45) is 0 Å². The molecule has 0 unspecified atom stereocenters. The van der Waals surface area contributed by atoms with Gasteiger partial charge in [0, 0.05) is 5.25 Å². The molecule has 7 nitrogen and oxygen atoms in total. The summed E-state index contributed by atoms with van der Waals surface area (Å²) in [6.45, 7) is 0.452. The Morgan fingerprint density at radius 1 is 1.16 bits per heavy atom. The number of methoxy groups -OCH3 is 1. The van der Waals surface area contributed by atoms with E-state index in [1.54, 1.807) is 23.6 Å². The lowest BCUT2D eigenvalue weighted by molar-refractivity contribution is 0.0686. The number of thioether (sulfide) groups is 1. The number of carboxylic acid groups (broad SMARTS) is 1. The number of carboxylic acids is 1. The Hall–Kier alpha value is -3.31. The van der Waals surface area contributed by atoms with Crippen LogP contribution in [0.5, 0.6) is 5.75 Å².